The topological polar surface area (TPSA) is 59.8 Å². The second-order valence-electron chi connectivity index (χ2n) is 9.98. The Morgan fingerprint density at radius 3 is 2.45 bits per heavy atom. The van der Waals surface area contributed by atoms with E-state index in [0.29, 0.717) is 8.58 Å². The molecule has 3 heterocycles. The average molecular weight is 471 g/mol. The van der Waals surface area contributed by atoms with Crippen LogP contribution in [0.3, 0.4) is 0 Å². The van der Waals surface area contributed by atoms with Gasteiger partial charge in [0.2, 0.25) is 0 Å². The molecule has 3 atom stereocenters. The van der Waals surface area contributed by atoms with Crippen LogP contribution in [-0.4, -0.2) is 74.0 Å². The van der Waals surface area contributed by atoms with Crippen LogP contribution in [0.15, 0.2) is 41.5 Å². The largest absolute Gasteiger partial charge is 0.402 e. The minimum atomic E-state index is 0.0840. The van der Waals surface area contributed by atoms with E-state index in [4.69, 9.17) is 5.73 Å². The quantitative estimate of drug-likeness (QED) is 0.551. The number of nitrogens with zero attached hydrogens (tertiary/aromatic N) is 3. The maximum Gasteiger partial charge on any atom is 0.109 e. The molecule has 1 aromatic rings. The summed E-state index contributed by atoms with van der Waals surface area (Å²) in [5.41, 5.74) is 12.3. The highest BCUT2D eigenvalue weighted by molar-refractivity contribution is 7.44. The second kappa shape index (κ2) is 10.7. The molecule has 0 aromatic heterocycles. The van der Waals surface area contributed by atoms with E-state index < -0.39 is 0 Å². The van der Waals surface area contributed by atoms with Gasteiger partial charge in [-0.05, 0) is 69.2 Å². The third kappa shape index (κ3) is 5.67. The smallest absolute Gasteiger partial charge is 0.109 e. The van der Waals surface area contributed by atoms with Crippen LogP contribution in [0.5, 0.6) is 0 Å². The molecule has 0 saturated carbocycles. The predicted octanol–water partition coefficient (Wildman–Crippen LogP) is 3.71. The summed E-state index contributed by atoms with van der Waals surface area (Å²) in [4.78, 5) is 7.74. The fourth-order valence-corrected chi connectivity index (χ4v) is 6.90. The van der Waals surface area contributed by atoms with Crippen LogP contribution < -0.4 is 21.3 Å². The number of allylic oxidation sites excluding steroid dienone is 2. The average Bonchev–Trinajstić information content (AvgIpc) is 2.80. The van der Waals surface area contributed by atoms with Gasteiger partial charge in [-0.1, -0.05) is 22.1 Å². The molecule has 33 heavy (non-hydrogen) atoms. The number of benzene rings is 1. The highest BCUT2D eigenvalue weighted by atomic mass is 31.1. The summed E-state index contributed by atoms with van der Waals surface area (Å²) >= 11 is 0. The lowest BCUT2D eigenvalue weighted by Crippen LogP contribution is -2.52. The Labute approximate surface area is 202 Å². The zero-order valence-electron chi connectivity index (χ0n) is 21.0. The summed E-state index contributed by atoms with van der Waals surface area (Å²) in [7, 11) is 2.92. The number of rotatable bonds is 6. The van der Waals surface area contributed by atoms with Crippen molar-refractivity contribution in [3.8, 4) is 0 Å². The molecule has 0 radical (unpaired) electrons. The fraction of sp³-hybridized carbons (Fsp3) is 0.615. The van der Waals surface area contributed by atoms with Crippen molar-refractivity contribution in [2.75, 3.05) is 56.5 Å². The first-order valence-corrected chi connectivity index (χ1v) is 13.6. The van der Waals surface area contributed by atoms with Crippen molar-refractivity contribution in [1.29, 1.82) is 0 Å². The lowest BCUT2D eigenvalue weighted by atomic mass is 10.0. The Morgan fingerprint density at radius 1 is 1.15 bits per heavy atom. The predicted molar refractivity (Wildman–Crippen MR) is 144 cm³/mol. The van der Waals surface area contributed by atoms with Crippen molar-refractivity contribution in [3.63, 3.8) is 0 Å². The molecule has 1 aromatic carbocycles. The molecule has 3 aliphatic heterocycles. The van der Waals surface area contributed by atoms with Crippen LogP contribution >= 0.6 is 8.58 Å². The highest BCUT2D eigenvalue weighted by Gasteiger charge is 2.30. The number of nitrogens with two attached hydrogens (primary N) is 1. The molecule has 2 fully saturated rings. The van der Waals surface area contributed by atoms with Crippen molar-refractivity contribution >= 4 is 20.0 Å². The van der Waals surface area contributed by atoms with Crippen molar-refractivity contribution in [3.05, 3.63) is 47.0 Å². The van der Waals surface area contributed by atoms with E-state index in [2.05, 4.69) is 77.9 Å². The standard InChI is InChI=1S/C26H43N6P/c1-6-24-20(4)28-26(25(33-24)19(3)27)29-21-7-8-23(18(2)17-21)32-11-9-22(10-12-32)31-15-13-30(5)14-16-31/h7-8,17,22,25-26,28-29,33H,3,6,9-16,27H2,1-2,4-5H3. The number of hydrogen-bond donors (Lipinski definition) is 3. The summed E-state index contributed by atoms with van der Waals surface area (Å²) in [5, 5.41) is 8.82. The molecule has 3 aliphatic rings. The first-order chi connectivity index (χ1) is 15.9. The van der Waals surface area contributed by atoms with Crippen molar-refractivity contribution in [1.82, 2.24) is 15.1 Å². The number of piperazine rings is 1. The molecule has 0 amide bonds. The minimum absolute atomic E-state index is 0.0840. The van der Waals surface area contributed by atoms with Crippen LogP contribution in [0.1, 0.15) is 38.7 Å². The zero-order chi connectivity index (χ0) is 23.5. The fourth-order valence-electron chi connectivity index (χ4n) is 5.52. The normalized spacial score (nSPS) is 26.5. The number of likely N-dealkylation sites (N-methyl/N-ethyl adjacent to an activating group) is 1. The van der Waals surface area contributed by atoms with E-state index in [-0.39, 0.29) is 11.8 Å². The van der Waals surface area contributed by atoms with Gasteiger partial charge in [0.05, 0.1) is 5.66 Å². The maximum absolute atomic E-state index is 6.19. The first kappa shape index (κ1) is 24.4. The first-order valence-electron chi connectivity index (χ1n) is 12.6. The molecule has 3 unspecified atom stereocenters. The van der Waals surface area contributed by atoms with Crippen LogP contribution in [0.25, 0.3) is 0 Å². The Bertz CT molecular complexity index is 868. The molecule has 0 aliphatic carbocycles. The van der Waals surface area contributed by atoms with Gasteiger partial charge < -0.3 is 26.2 Å². The summed E-state index contributed by atoms with van der Waals surface area (Å²) in [6.07, 6.45) is 3.68. The summed E-state index contributed by atoms with van der Waals surface area (Å²) in [6.45, 7) is 17.9. The highest BCUT2D eigenvalue weighted by Crippen LogP contribution is 2.41. The van der Waals surface area contributed by atoms with Gasteiger partial charge >= 0.3 is 0 Å². The SMILES string of the molecule is C=C(N)C1PC(CC)=C(C)NC1Nc1ccc(N2CCC(N3CCN(C)CC3)CC2)c(C)c1. The van der Waals surface area contributed by atoms with Gasteiger partial charge in [-0.25, -0.2) is 0 Å². The molecule has 0 spiro atoms. The molecule has 4 N–H and O–H groups in total. The number of nitrogens with one attached hydrogen (secondary N) is 2. The molecule has 7 heteroatoms. The van der Waals surface area contributed by atoms with E-state index in [1.807, 2.05) is 0 Å². The summed E-state index contributed by atoms with van der Waals surface area (Å²) in [5.74, 6) is 0. The minimum Gasteiger partial charge on any atom is -0.402 e. The Kier molecular flexibility index (Phi) is 7.88. The van der Waals surface area contributed by atoms with Crippen LogP contribution in [0.2, 0.25) is 0 Å². The molecule has 182 valence electrons. The van der Waals surface area contributed by atoms with E-state index in [1.165, 1.54) is 61.3 Å². The third-order valence-corrected chi connectivity index (χ3v) is 9.71. The van der Waals surface area contributed by atoms with Crippen LogP contribution in [0.4, 0.5) is 11.4 Å². The lowest BCUT2D eigenvalue weighted by Gasteiger charge is -2.43. The van der Waals surface area contributed by atoms with Gasteiger partial charge in [-0.2, -0.15) is 0 Å². The van der Waals surface area contributed by atoms with Crippen molar-refractivity contribution < 1.29 is 0 Å². The van der Waals surface area contributed by atoms with Gasteiger partial charge in [-0.15, -0.1) is 0 Å². The van der Waals surface area contributed by atoms with E-state index in [1.54, 1.807) is 0 Å². The molecular formula is C26H43N6P. The third-order valence-electron chi connectivity index (χ3n) is 7.62. The Morgan fingerprint density at radius 2 is 1.85 bits per heavy atom. The summed E-state index contributed by atoms with van der Waals surface area (Å²) in [6, 6.07) is 7.56. The van der Waals surface area contributed by atoms with Crippen molar-refractivity contribution in [2.45, 2.75) is 57.9 Å². The van der Waals surface area contributed by atoms with Gasteiger partial charge in [0.15, 0.2) is 0 Å². The monoisotopic (exact) mass is 470 g/mol. The van der Waals surface area contributed by atoms with Crippen LogP contribution in [-0.2, 0) is 0 Å². The molecule has 4 rings (SSSR count). The van der Waals surface area contributed by atoms with Crippen LogP contribution in [0, 0.1) is 6.92 Å². The molecule has 2 saturated heterocycles. The van der Waals surface area contributed by atoms with E-state index >= 15 is 0 Å². The molecule has 0 bridgehead atoms. The number of piperidine rings is 1. The van der Waals surface area contributed by atoms with Gasteiger partial charge in [-0.3, -0.25) is 4.90 Å². The molecule has 6 nitrogen and oxygen atoms in total. The maximum atomic E-state index is 6.19. The van der Waals surface area contributed by atoms with E-state index in [0.717, 1.165) is 36.9 Å². The summed E-state index contributed by atoms with van der Waals surface area (Å²) < 4.78 is 0. The second-order valence-corrected chi connectivity index (χ2v) is 11.5. The number of aryl methyl sites for hydroxylation is 1. The van der Waals surface area contributed by atoms with Crippen molar-refractivity contribution in [2.24, 2.45) is 5.73 Å². The Hall–Kier alpha value is -1.75. The number of anilines is 2. The van der Waals surface area contributed by atoms with E-state index in [9.17, 15) is 0 Å². The Balaban J connectivity index is 1.37. The molecular weight excluding hydrogens is 427 g/mol. The van der Waals surface area contributed by atoms with Gasteiger partial charge in [0.1, 0.15) is 6.17 Å². The number of hydrogen-bond acceptors (Lipinski definition) is 6. The zero-order valence-corrected chi connectivity index (χ0v) is 22.0. The van der Waals surface area contributed by atoms with Gasteiger partial charge in [0.25, 0.3) is 0 Å². The lowest BCUT2D eigenvalue weighted by molar-refractivity contribution is 0.0982. The van der Waals surface area contributed by atoms with Gasteiger partial charge in [0, 0.05) is 68.1 Å².